The maximum Gasteiger partial charge on any atom is 0.306 e. The Bertz CT molecular complexity index is 1040. The summed E-state index contributed by atoms with van der Waals surface area (Å²) >= 11 is 0. The number of hydrogen-bond acceptors (Lipinski definition) is 6. The summed E-state index contributed by atoms with van der Waals surface area (Å²) in [6.45, 7) is 6.66. The minimum absolute atomic E-state index is 0.0741. The highest BCUT2D eigenvalue weighted by molar-refractivity contribution is 5.71. The first-order chi connectivity index (χ1) is 31.5. The molecular weight excluding hydrogens is 793 g/mol. The van der Waals surface area contributed by atoms with Gasteiger partial charge in [-0.25, -0.2) is 0 Å². The van der Waals surface area contributed by atoms with Gasteiger partial charge in [0, 0.05) is 19.3 Å². The molecular formula is C58H108O6. The quantitative estimate of drug-likeness (QED) is 0.0262. The van der Waals surface area contributed by atoms with Gasteiger partial charge in [0.15, 0.2) is 6.10 Å². The highest BCUT2D eigenvalue weighted by atomic mass is 16.6. The van der Waals surface area contributed by atoms with Crippen LogP contribution in [0, 0.1) is 0 Å². The Hall–Kier alpha value is -2.11. The molecule has 0 aliphatic heterocycles. The van der Waals surface area contributed by atoms with E-state index in [1.165, 1.54) is 205 Å². The number of hydrogen-bond donors (Lipinski definition) is 0. The van der Waals surface area contributed by atoms with Crippen LogP contribution < -0.4 is 0 Å². The molecule has 0 N–H and O–H groups in total. The number of carbonyl (C=O) groups is 3. The van der Waals surface area contributed by atoms with Crippen molar-refractivity contribution in [1.82, 2.24) is 0 Å². The first-order valence-corrected chi connectivity index (χ1v) is 28.3. The zero-order valence-corrected chi connectivity index (χ0v) is 43.1. The largest absolute Gasteiger partial charge is 0.462 e. The summed E-state index contributed by atoms with van der Waals surface area (Å²) in [5, 5.41) is 0. The van der Waals surface area contributed by atoms with Crippen LogP contribution in [-0.4, -0.2) is 37.2 Å². The Labute approximate surface area is 398 Å². The molecule has 0 saturated heterocycles. The smallest absolute Gasteiger partial charge is 0.306 e. The van der Waals surface area contributed by atoms with E-state index in [1.54, 1.807) is 0 Å². The van der Waals surface area contributed by atoms with E-state index in [4.69, 9.17) is 14.2 Å². The second-order valence-corrected chi connectivity index (χ2v) is 19.2. The third kappa shape index (κ3) is 50.9. The zero-order chi connectivity index (χ0) is 46.5. The molecule has 0 aromatic heterocycles. The molecule has 64 heavy (non-hydrogen) atoms. The van der Waals surface area contributed by atoms with Gasteiger partial charge >= 0.3 is 17.9 Å². The molecule has 376 valence electrons. The van der Waals surface area contributed by atoms with E-state index in [9.17, 15) is 14.4 Å². The average molecular weight is 901 g/mol. The monoisotopic (exact) mass is 901 g/mol. The molecule has 0 aliphatic rings. The van der Waals surface area contributed by atoms with Gasteiger partial charge in [0.25, 0.3) is 0 Å². The van der Waals surface area contributed by atoms with Crippen molar-refractivity contribution < 1.29 is 28.6 Å². The van der Waals surface area contributed by atoms with E-state index in [1.807, 2.05) is 0 Å². The zero-order valence-electron chi connectivity index (χ0n) is 43.1. The third-order valence-electron chi connectivity index (χ3n) is 12.7. The number of allylic oxidation sites excluding steroid dienone is 4. The molecule has 0 rings (SSSR count). The van der Waals surface area contributed by atoms with Crippen LogP contribution in [0.15, 0.2) is 24.3 Å². The van der Waals surface area contributed by atoms with Crippen LogP contribution in [-0.2, 0) is 28.6 Å². The Morgan fingerprint density at radius 3 is 0.797 bits per heavy atom. The number of ether oxygens (including phenoxy) is 3. The molecule has 1 unspecified atom stereocenters. The minimum atomic E-state index is -0.774. The van der Waals surface area contributed by atoms with E-state index in [0.29, 0.717) is 19.3 Å². The van der Waals surface area contributed by atoms with Gasteiger partial charge in [-0.15, -0.1) is 0 Å². The molecule has 0 fully saturated rings. The lowest BCUT2D eigenvalue weighted by molar-refractivity contribution is -0.167. The Kier molecular flexibility index (Phi) is 51.7. The van der Waals surface area contributed by atoms with Crippen LogP contribution in [0.2, 0.25) is 0 Å². The minimum Gasteiger partial charge on any atom is -0.462 e. The van der Waals surface area contributed by atoms with E-state index >= 15 is 0 Å². The van der Waals surface area contributed by atoms with E-state index < -0.39 is 6.10 Å². The van der Waals surface area contributed by atoms with Crippen molar-refractivity contribution in [2.45, 2.75) is 316 Å². The summed E-state index contributed by atoms with van der Waals surface area (Å²) in [5.74, 6) is -0.876. The molecule has 6 nitrogen and oxygen atoms in total. The third-order valence-corrected chi connectivity index (χ3v) is 12.7. The van der Waals surface area contributed by atoms with Crippen LogP contribution in [0.5, 0.6) is 0 Å². The van der Waals surface area contributed by atoms with Gasteiger partial charge in [-0.05, 0) is 70.6 Å². The molecule has 0 amide bonds. The standard InChI is InChI=1S/C58H108O6/c1-4-7-10-13-16-19-22-25-28-29-31-33-36-39-42-45-48-51-57(60)63-54-55(53-62-56(59)50-47-44-41-38-35-32-27-24-21-18-15-12-9-6-3)64-58(61)52-49-46-43-40-37-34-30-26-23-20-17-14-11-8-5-2/h25,28,32,35,55H,4-24,26-27,29-31,33-34,36-54H2,1-3H3/b28-25-,35-32-. The van der Waals surface area contributed by atoms with Crippen molar-refractivity contribution in [3.8, 4) is 0 Å². The molecule has 0 bridgehead atoms. The summed E-state index contributed by atoms with van der Waals surface area (Å²) in [6, 6.07) is 0. The second kappa shape index (κ2) is 53.5. The molecule has 1 atom stereocenters. The summed E-state index contributed by atoms with van der Waals surface area (Å²) < 4.78 is 16.8. The molecule has 0 radical (unpaired) electrons. The summed E-state index contributed by atoms with van der Waals surface area (Å²) in [6.07, 6.45) is 61.6. The van der Waals surface area contributed by atoms with Gasteiger partial charge in [0.1, 0.15) is 13.2 Å². The molecule has 0 aromatic rings. The van der Waals surface area contributed by atoms with Gasteiger partial charge in [0.05, 0.1) is 0 Å². The summed E-state index contributed by atoms with van der Waals surface area (Å²) in [4.78, 5) is 38.1. The van der Waals surface area contributed by atoms with Crippen LogP contribution in [0.3, 0.4) is 0 Å². The number of esters is 3. The Morgan fingerprint density at radius 1 is 0.297 bits per heavy atom. The van der Waals surface area contributed by atoms with Crippen LogP contribution in [0.1, 0.15) is 310 Å². The Balaban J connectivity index is 4.35. The fourth-order valence-corrected chi connectivity index (χ4v) is 8.37. The van der Waals surface area contributed by atoms with Gasteiger partial charge in [0.2, 0.25) is 0 Å². The van der Waals surface area contributed by atoms with Crippen molar-refractivity contribution >= 4 is 17.9 Å². The highest BCUT2D eigenvalue weighted by Gasteiger charge is 2.19. The summed E-state index contributed by atoms with van der Waals surface area (Å²) in [7, 11) is 0. The molecule has 0 saturated carbocycles. The predicted octanol–water partition coefficient (Wildman–Crippen LogP) is 18.7. The molecule has 0 spiro atoms. The number of carbonyl (C=O) groups excluding carboxylic acids is 3. The topological polar surface area (TPSA) is 78.9 Å². The maximum absolute atomic E-state index is 12.8. The van der Waals surface area contributed by atoms with Gasteiger partial charge < -0.3 is 14.2 Å². The fraction of sp³-hybridized carbons (Fsp3) is 0.879. The maximum atomic E-state index is 12.8. The normalized spacial score (nSPS) is 12.1. The molecule has 0 heterocycles. The number of unbranched alkanes of at least 4 members (excludes halogenated alkanes) is 37. The number of rotatable bonds is 52. The predicted molar refractivity (Wildman–Crippen MR) is 275 cm³/mol. The van der Waals surface area contributed by atoms with E-state index in [0.717, 1.165) is 64.2 Å². The lowest BCUT2D eigenvalue weighted by Crippen LogP contribution is -2.30. The lowest BCUT2D eigenvalue weighted by Gasteiger charge is -2.18. The van der Waals surface area contributed by atoms with Gasteiger partial charge in [-0.2, -0.15) is 0 Å². The lowest BCUT2D eigenvalue weighted by atomic mass is 10.0. The molecule has 0 aliphatic carbocycles. The molecule has 0 aromatic carbocycles. The second-order valence-electron chi connectivity index (χ2n) is 19.2. The van der Waals surface area contributed by atoms with Gasteiger partial charge in [-0.3, -0.25) is 14.4 Å². The van der Waals surface area contributed by atoms with Crippen molar-refractivity contribution in [2.24, 2.45) is 0 Å². The fourth-order valence-electron chi connectivity index (χ4n) is 8.37. The molecule has 6 heteroatoms. The SMILES string of the molecule is CCCCCCCC/C=C\CCCCCCCCCC(=O)OCC(COC(=O)CCCCC/C=C\CCCCCCCCC)OC(=O)CCCCCCCCCCCCCCCCC. The highest BCUT2D eigenvalue weighted by Crippen LogP contribution is 2.16. The van der Waals surface area contributed by atoms with Crippen LogP contribution in [0.25, 0.3) is 0 Å². The van der Waals surface area contributed by atoms with E-state index in [-0.39, 0.29) is 31.1 Å². The first-order valence-electron chi connectivity index (χ1n) is 28.3. The first kappa shape index (κ1) is 61.9. The van der Waals surface area contributed by atoms with Crippen LogP contribution >= 0.6 is 0 Å². The van der Waals surface area contributed by atoms with Crippen LogP contribution in [0.4, 0.5) is 0 Å². The van der Waals surface area contributed by atoms with Crippen molar-refractivity contribution in [3.63, 3.8) is 0 Å². The average Bonchev–Trinajstić information content (AvgIpc) is 3.29. The van der Waals surface area contributed by atoms with E-state index in [2.05, 4.69) is 45.1 Å². The van der Waals surface area contributed by atoms with Gasteiger partial charge in [-0.1, -0.05) is 244 Å². The Morgan fingerprint density at radius 2 is 0.516 bits per heavy atom. The van der Waals surface area contributed by atoms with Crippen molar-refractivity contribution in [1.29, 1.82) is 0 Å². The van der Waals surface area contributed by atoms with Crippen molar-refractivity contribution in [3.05, 3.63) is 24.3 Å². The summed E-state index contributed by atoms with van der Waals surface area (Å²) in [5.41, 5.74) is 0. The van der Waals surface area contributed by atoms with Crippen molar-refractivity contribution in [2.75, 3.05) is 13.2 Å².